The van der Waals surface area contributed by atoms with Crippen LogP contribution in [0.1, 0.15) is 19.3 Å². The predicted octanol–water partition coefficient (Wildman–Crippen LogP) is 2.28. The number of nitrogens with two attached hydrogens (primary N) is 1. The molecule has 21 heavy (non-hydrogen) atoms. The topological polar surface area (TPSA) is 81.8 Å². The molecule has 0 spiro atoms. The van der Waals surface area contributed by atoms with Crippen molar-refractivity contribution >= 4 is 23.2 Å². The van der Waals surface area contributed by atoms with Gasteiger partial charge in [-0.05, 0) is 44.6 Å². The Balaban J connectivity index is 1.99. The molecule has 4 N–H and O–H groups in total. The molecular weight excluding hydrogens is 268 g/mol. The van der Waals surface area contributed by atoms with Crippen LogP contribution in [0.15, 0.2) is 18.2 Å². The summed E-state index contributed by atoms with van der Waals surface area (Å²) in [5.41, 5.74) is 8.01. The highest BCUT2D eigenvalue weighted by Crippen LogP contribution is 2.25. The Hall–Kier alpha value is -1.95. The first kappa shape index (κ1) is 15.4. The average molecular weight is 292 g/mol. The molecular formula is C15H24N4O2. The van der Waals surface area contributed by atoms with Crippen LogP contribution in [-0.2, 0) is 0 Å². The zero-order valence-electron chi connectivity index (χ0n) is 12.7. The highest BCUT2D eigenvalue weighted by molar-refractivity contribution is 5.87. The lowest BCUT2D eigenvalue weighted by atomic mass is 10.0. The smallest absolute Gasteiger partial charge is 0.411 e. The summed E-state index contributed by atoms with van der Waals surface area (Å²) in [6.45, 7) is 2.00. The predicted molar refractivity (Wildman–Crippen MR) is 86.0 cm³/mol. The van der Waals surface area contributed by atoms with Crippen molar-refractivity contribution in [1.29, 1.82) is 0 Å². The Bertz CT molecular complexity index is 506. The van der Waals surface area contributed by atoms with Gasteiger partial charge in [0.1, 0.15) is 0 Å². The van der Waals surface area contributed by atoms with Crippen LogP contribution < -0.4 is 16.0 Å². The third kappa shape index (κ3) is 3.78. The minimum atomic E-state index is -1.00. The number of carbonyl (C=O) groups is 1. The number of nitrogens with one attached hydrogen (secondary N) is 1. The van der Waals surface area contributed by atoms with E-state index < -0.39 is 6.09 Å². The fourth-order valence-corrected chi connectivity index (χ4v) is 2.66. The van der Waals surface area contributed by atoms with E-state index in [4.69, 9.17) is 10.8 Å². The minimum Gasteiger partial charge on any atom is -0.465 e. The molecule has 0 saturated carbocycles. The van der Waals surface area contributed by atoms with E-state index in [1.54, 1.807) is 12.1 Å². The monoisotopic (exact) mass is 292 g/mol. The van der Waals surface area contributed by atoms with Gasteiger partial charge in [-0.25, -0.2) is 4.79 Å². The maximum absolute atomic E-state index is 10.9. The van der Waals surface area contributed by atoms with Gasteiger partial charge in [-0.2, -0.15) is 0 Å². The zero-order valence-corrected chi connectivity index (χ0v) is 12.7. The van der Waals surface area contributed by atoms with E-state index in [2.05, 4.69) is 17.3 Å². The van der Waals surface area contributed by atoms with Crippen molar-refractivity contribution in [2.45, 2.75) is 25.3 Å². The lowest BCUT2D eigenvalue weighted by Gasteiger charge is -2.32. The summed E-state index contributed by atoms with van der Waals surface area (Å²) in [6.07, 6.45) is 2.74. The van der Waals surface area contributed by atoms with Crippen LogP contribution in [-0.4, -0.2) is 49.3 Å². The van der Waals surface area contributed by atoms with Crippen LogP contribution in [0.25, 0.3) is 0 Å². The molecule has 2 rings (SSSR count). The first-order chi connectivity index (χ1) is 9.99. The van der Waals surface area contributed by atoms with Crippen molar-refractivity contribution in [2.75, 3.05) is 43.1 Å². The van der Waals surface area contributed by atoms with Crippen molar-refractivity contribution in [1.82, 2.24) is 4.90 Å². The number of anilines is 3. The van der Waals surface area contributed by atoms with Gasteiger partial charge in [0.25, 0.3) is 0 Å². The first-order valence-electron chi connectivity index (χ1n) is 7.29. The molecule has 116 valence electrons. The summed E-state index contributed by atoms with van der Waals surface area (Å²) < 4.78 is 0. The van der Waals surface area contributed by atoms with E-state index in [1.165, 1.54) is 26.3 Å². The van der Waals surface area contributed by atoms with Crippen molar-refractivity contribution in [3.63, 3.8) is 0 Å². The number of nitrogen functional groups attached to an aromatic ring is 1. The van der Waals surface area contributed by atoms with Gasteiger partial charge >= 0.3 is 6.09 Å². The van der Waals surface area contributed by atoms with Crippen LogP contribution in [0, 0.1) is 0 Å². The van der Waals surface area contributed by atoms with E-state index in [-0.39, 0.29) is 0 Å². The molecule has 6 heteroatoms. The lowest BCUT2D eigenvalue weighted by molar-refractivity contribution is 0.194. The number of likely N-dealkylation sites (N-methyl/N-ethyl adjacent to an activating group) is 1. The van der Waals surface area contributed by atoms with Gasteiger partial charge in [0, 0.05) is 25.3 Å². The summed E-state index contributed by atoms with van der Waals surface area (Å²) in [4.78, 5) is 14.5. The number of nitrogens with zero attached hydrogens (tertiary/aromatic N) is 2. The summed E-state index contributed by atoms with van der Waals surface area (Å²) in [6, 6.07) is 5.81. The third-order valence-electron chi connectivity index (χ3n) is 4.16. The number of carboxylic acid groups (broad SMARTS) is 1. The maximum atomic E-state index is 10.9. The second-order valence-corrected chi connectivity index (χ2v) is 5.62. The molecule has 1 aliphatic rings. The number of benzene rings is 1. The highest BCUT2D eigenvalue weighted by atomic mass is 16.4. The average Bonchev–Trinajstić information content (AvgIpc) is 2.46. The van der Waals surface area contributed by atoms with Gasteiger partial charge in [-0.15, -0.1) is 0 Å². The molecule has 0 aliphatic carbocycles. The molecule has 1 atom stereocenters. The van der Waals surface area contributed by atoms with E-state index in [9.17, 15) is 4.79 Å². The van der Waals surface area contributed by atoms with Crippen LogP contribution >= 0.6 is 0 Å². The van der Waals surface area contributed by atoms with Gasteiger partial charge < -0.3 is 21.1 Å². The Labute approximate surface area is 125 Å². The molecule has 1 aromatic rings. The summed E-state index contributed by atoms with van der Waals surface area (Å²) >= 11 is 0. The number of hydrogen-bond acceptors (Lipinski definition) is 4. The number of amides is 1. The van der Waals surface area contributed by atoms with Gasteiger partial charge in [-0.3, -0.25) is 4.90 Å². The maximum Gasteiger partial charge on any atom is 0.411 e. The Morgan fingerprint density at radius 2 is 2.29 bits per heavy atom. The standard InChI is InChI=1S/C15H24N4O2/c1-18-8-4-3-5-12(18)10-17-14-7-6-11(9-13(14)16)19(2)15(20)21/h6-7,9,12,17H,3-5,8,10,16H2,1-2H3,(H,20,21). The van der Waals surface area contributed by atoms with Crippen molar-refractivity contribution < 1.29 is 9.90 Å². The van der Waals surface area contributed by atoms with Crippen molar-refractivity contribution in [3.8, 4) is 0 Å². The molecule has 1 aromatic carbocycles. The molecule has 1 amide bonds. The van der Waals surface area contributed by atoms with Gasteiger partial charge in [0.2, 0.25) is 0 Å². The molecule has 0 aromatic heterocycles. The number of piperidine rings is 1. The second-order valence-electron chi connectivity index (χ2n) is 5.62. The quantitative estimate of drug-likeness (QED) is 0.742. The van der Waals surface area contributed by atoms with Gasteiger partial charge in [0.15, 0.2) is 0 Å². The van der Waals surface area contributed by atoms with Crippen LogP contribution in [0.5, 0.6) is 0 Å². The zero-order chi connectivity index (χ0) is 15.4. The fourth-order valence-electron chi connectivity index (χ4n) is 2.66. The molecule has 1 aliphatic heterocycles. The summed E-state index contributed by atoms with van der Waals surface area (Å²) in [5.74, 6) is 0. The van der Waals surface area contributed by atoms with Crippen molar-refractivity contribution in [3.05, 3.63) is 18.2 Å². The fraction of sp³-hybridized carbons (Fsp3) is 0.533. The Morgan fingerprint density at radius 1 is 1.52 bits per heavy atom. The van der Waals surface area contributed by atoms with E-state index in [1.807, 2.05) is 6.07 Å². The number of rotatable bonds is 4. The summed E-state index contributed by atoms with van der Waals surface area (Å²) in [5, 5.41) is 12.3. The normalized spacial score (nSPS) is 19.2. The van der Waals surface area contributed by atoms with E-state index in [0.29, 0.717) is 17.4 Å². The second kappa shape index (κ2) is 6.67. The molecule has 6 nitrogen and oxygen atoms in total. The highest BCUT2D eigenvalue weighted by Gasteiger charge is 2.18. The molecule has 1 fully saturated rings. The summed E-state index contributed by atoms with van der Waals surface area (Å²) in [7, 11) is 3.65. The molecule has 1 unspecified atom stereocenters. The van der Waals surface area contributed by atoms with E-state index >= 15 is 0 Å². The minimum absolute atomic E-state index is 0.527. The Kier molecular flexibility index (Phi) is 4.90. The molecule has 1 heterocycles. The van der Waals surface area contributed by atoms with Crippen LogP contribution in [0.3, 0.4) is 0 Å². The van der Waals surface area contributed by atoms with Crippen molar-refractivity contribution in [2.24, 2.45) is 0 Å². The van der Waals surface area contributed by atoms with Gasteiger partial charge in [0.05, 0.1) is 11.4 Å². The Morgan fingerprint density at radius 3 is 2.90 bits per heavy atom. The third-order valence-corrected chi connectivity index (χ3v) is 4.16. The molecule has 0 bridgehead atoms. The number of likely N-dealkylation sites (tertiary alicyclic amines) is 1. The lowest BCUT2D eigenvalue weighted by Crippen LogP contribution is -2.40. The van der Waals surface area contributed by atoms with E-state index in [0.717, 1.165) is 23.7 Å². The molecule has 0 radical (unpaired) electrons. The largest absolute Gasteiger partial charge is 0.465 e. The number of hydrogen-bond donors (Lipinski definition) is 3. The molecule has 1 saturated heterocycles. The van der Waals surface area contributed by atoms with Gasteiger partial charge in [-0.1, -0.05) is 6.42 Å². The first-order valence-corrected chi connectivity index (χ1v) is 7.29. The SMILES string of the molecule is CN(C(=O)O)c1ccc(NCC2CCCCN2C)c(N)c1. The van der Waals surface area contributed by atoms with Crippen LogP contribution in [0.4, 0.5) is 21.9 Å². The van der Waals surface area contributed by atoms with Crippen LogP contribution in [0.2, 0.25) is 0 Å².